The molecule has 1 aromatic carbocycles. The van der Waals surface area contributed by atoms with Gasteiger partial charge in [0.15, 0.2) is 0 Å². The molecule has 0 radical (unpaired) electrons. The van der Waals surface area contributed by atoms with Gasteiger partial charge in [-0.15, -0.1) is 0 Å². The molecule has 2 rings (SSSR count). The average Bonchev–Trinajstić information content (AvgIpc) is 2.36. The Bertz CT molecular complexity index is 431. The molecule has 1 fully saturated rings. The van der Waals surface area contributed by atoms with Crippen molar-refractivity contribution in [1.29, 1.82) is 0 Å². The van der Waals surface area contributed by atoms with Crippen molar-refractivity contribution in [3.63, 3.8) is 0 Å². The number of anilines is 1. The van der Waals surface area contributed by atoms with E-state index in [4.69, 9.17) is 16.3 Å². The Morgan fingerprint density at radius 1 is 1.44 bits per heavy atom. The maximum absolute atomic E-state index is 11.9. The van der Waals surface area contributed by atoms with E-state index >= 15 is 0 Å². The predicted octanol–water partition coefficient (Wildman–Crippen LogP) is 1.92. The second-order valence-electron chi connectivity index (χ2n) is 4.37. The van der Waals surface area contributed by atoms with Gasteiger partial charge in [-0.2, -0.15) is 0 Å². The molecule has 1 aliphatic rings. The van der Waals surface area contributed by atoms with Crippen LogP contribution in [0.3, 0.4) is 0 Å². The quantitative estimate of drug-likeness (QED) is 0.911. The number of aryl methyl sites for hydroxylation is 1. The van der Waals surface area contributed by atoms with Gasteiger partial charge in [0, 0.05) is 13.1 Å². The maximum Gasteiger partial charge on any atom is 0.238 e. The zero-order chi connectivity index (χ0) is 13.0. The van der Waals surface area contributed by atoms with Gasteiger partial charge in [0.05, 0.1) is 30.5 Å². The summed E-state index contributed by atoms with van der Waals surface area (Å²) in [5.74, 6) is -0.0376. The number of benzene rings is 1. The lowest BCUT2D eigenvalue weighted by molar-refractivity contribution is -0.118. The Hall–Kier alpha value is -1.10. The summed E-state index contributed by atoms with van der Waals surface area (Å²) in [7, 11) is 0. The van der Waals surface area contributed by atoms with E-state index in [0.29, 0.717) is 30.5 Å². The Kier molecular flexibility index (Phi) is 4.58. The number of rotatable bonds is 3. The van der Waals surface area contributed by atoms with E-state index in [1.165, 1.54) is 0 Å². The summed E-state index contributed by atoms with van der Waals surface area (Å²) in [5.41, 5.74) is 1.63. The highest BCUT2D eigenvalue weighted by molar-refractivity contribution is 6.34. The van der Waals surface area contributed by atoms with Crippen LogP contribution < -0.4 is 5.32 Å². The molecule has 0 unspecified atom stereocenters. The van der Waals surface area contributed by atoms with Crippen LogP contribution in [0.1, 0.15) is 5.56 Å². The Morgan fingerprint density at radius 3 is 2.89 bits per heavy atom. The van der Waals surface area contributed by atoms with E-state index in [9.17, 15) is 4.79 Å². The van der Waals surface area contributed by atoms with Crippen LogP contribution in [-0.2, 0) is 9.53 Å². The Morgan fingerprint density at radius 2 is 2.17 bits per heavy atom. The van der Waals surface area contributed by atoms with E-state index in [0.717, 1.165) is 18.7 Å². The van der Waals surface area contributed by atoms with Crippen LogP contribution >= 0.6 is 11.6 Å². The van der Waals surface area contributed by atoms with Crippen LogP contribution in [0.25, 0.3) is 0 Å². The molecule has 0 aliphatic carbocycles. The molecule has 1 heterocycles. The van der Waals surface area contributed by atoms with Crippen molar-refractivity contribution in [1.82, 2.24) is 4.90 Å². The van der Waals surface area contributed by atoms with Gasteiger partial charge in [0.2, 0.25) is 5.91 Å². The number of carbonyl (C=O) groups excluding carboxylic acids is 1. The van der Waals surface area contributed by atoms with Crippen molar-refractivity contribution in [3.8, 4) is 0 Å². The average molecular weight is 269 g/mol. The minimum atomic E-state index is -0.0376. The highest BCUT2D eigenvalue weighted by Crippen LogP contribution is 2.24. The molecule has 98 valence electrons. The summed E-state index contributed by atoms with van der Waals surface area (Å²) >= 11 is 6.13. The third-order valence-corrected chi connectivity index (χ3v) is 3.44. The molecule has 1 N–H and O–H groups in total. The number of nitrogens with zero attached hydrogens (tertiary/aromatic N) is 1. The van der Waals surface area contributed by atoms with Crippen molar-refractivity contribution in [3.05, 3.63) is 28.8 Å². The lowest BCUT2D eigenvalue weighted by atomic mass is 10.2. The minimum Gasteiger partial charge on any atom is -0.379 e. The molecule has 1 aromatic rings. The second-order valence-corrected chi connectivity index (χ2v) is 4.75. The summed E-state index contributed by atoms with van der Waals surface area (Å²) < 4.78 is 5.24. The normalized spacial score (nSPS) is 16.6. The van der Waals surface area contributed by atoms with Gasteiger partial charge in [0.1, 0.15) is 0 Å². The number of hydrogen-bond acceptors (Lipinski definition) is 3. The van der Waals surface area contributed by atoms with Gasteiger partial charge in [-0.25, -0.2) is 0 Å². The first-order valence-corrected chi connectivity index (χ1v) is 6.39. The molecular weight excluding hydrogens is 252 g/mol. The number of morpholine rings is 1. The van der Waals surface area contributed by atoms with E-state index in [1.54, 1.807) is 0 Å². The summed E-state index contributed by atoms with van der Waals surface area (Å²) in [4.78, 5) is 14.0. The van der Waals surface area contributed by atoms with Gasteiger partial charge < -0.3 is 10.1 Å². The van der Waals surface area contributed by atoms with E-state index in [2.05, 4.69) is 10.2 Å². The van der Waals surface area contributed by atoms with Crippen LogP contribution in [0.15, 0.2) is 18.2 Å². The SMILES string of the molecule is Cc1cccc(NC(=O)CN2CCOCC2)c1Cl. The Labute approximate surface area is 112 Å². The van der Waals surface area contributed by atoms with Crippen LogP contribution in [0.5, 0.6) is 0 Å². The van der Waals surface area contributed by atoms with Crippen LogP contribution in [0, 0.1) is 6.92 Å². The van der Waals surface area contributed by atoms with Crippen molar-refractivity contribution in [2.75, 3.05) is 38.2 Å². The first-order chi connectivity index (χ1) is 8.66. The highest BCUT2D eigenvalue weighted by atomic mass is 35.5. The molecule has 0 saturated carbocycles. The molecule has 0 bridgehead atoms. The number of amides is 1. The topological polar surface area (TPSA) is 41.6 Å². The van der Waals surface area contributed by atoms with Crippen molar-refractivity contribution in [2.24, 2.45) is 0 Å². The molecule has 0 atom stereocenters. The lowest BCUT2D eigenvalue weighted by Gasteiger charge is -2.25. The first-order valence-electron chi connectivity index (χ1n) is 6.02. The molecule has 0 spiro atoms. The number of halogens is 1. The van der Waals surface area contributed by atoms with Crippen molar-refractivity contribution in [2.45, 2.75) is 6.92 Å². The zero-order valence-electron chi connectivity index (χ0n) is 10.4. The summed E-state index contributed by atoms with van der Waals surface area (Å²) in [6.07, 6.45) is 0. The summed E-state index contributed by atoms with van der Waals surface area (Å²) in [5, 5.41) is 3.45. The molecule has 1 amide bonds. The second kappa shape index (κ2) is 6.18. The molecule has 5 heteroatoms. The largest absolute Gasteiger partial charge is 0.379 e. The van der Waals surface area contributed by atoms with Gasteiger partial charge in [-0.05, 0) is 18.6 Å². The fourth-order valence-corrected chi connectivity index (χ4v) is 2.07. The smallest absolute Gasteiger partial charge is 0.238 e. The van der Waals surface area contributed by atoms with Gasteiger partial charge in [-0.1, -0.05) is 23.7 Å². The van der Waals surface area contributed by atoms with Gasteiger partial charge in [0.25, 0.3) is 0 Å². The highest BCUT2D eigenvalue weighted by Gasteiger charge is 2.15. The predicted molar refractivity (Wildman–Crippen MR) is 72.1 cm³/mol. The number of ether oxygens (including phenoxy) is 1. The maximum atomic E-state index is 11.9. The third-order valence-electron chi connectivity index (χ3n) is 2.94. The van der Waals surface area contributed by atoms with Crippen molar-refractivity contribution >= 4 is 23.2 Å². The van der Waals surface area contributed by atoms with E-state index < -0.39 is 0 Å². The van der Waals surface area contributed by atoms with E-state index in [-0.39, 0.29) is 5.91 Å². The molecular formula is C13H17ClN2O2. The van der Waals surface area contributed by atoms with Crippen LogP contribution in [0.2, 0.25) is 5.02 Å². The van der Waals surface area contributed by atoms with Gasteiger partial charge in [-0.3, -0.25) is 9.69 Å². The van der Waals surface area contributed by atoms with Crippen LogP contribution in [0.4, 0.5) is 5.69 Å². The third kappa shape index (κ3) is 3.45. The monoisotopic (exact) mass is 268 g/mol. The minimum absolute atomic E-state index is 0.0376. The summed E-state index contributed by atoms with van der Waals surface area (Å²) in [6, 6.07) is 5.61. The fourth-order valence-electron chi connectivity index (χ4n) is 1.90. The molecule has 1 aliphatic heterocycles. The number of nitrogens with one attached hydrogen (secondary N) is 1. The van der Waals surface area contributed by atoms with Crippen molar-refractivity contribution < 1.29 is 9.53 Å². The van der Waals surface area contributed by atoms with Gasteiger partial charge >= 0.3 is 0 Å². The fraction of sp³-hybridized carbons (Fsp3) is 0.462. The molecule has 4 nitrogen and oxygen atoms in total. The van der Waals surface area contributed by atoms with Crippen LogP contribution in [-0.4, -0.2) is 43.7 Å². The molecule has 18 heavy (non-hydrogen) atoms. The zero-order valence-corrected chi connectivity index (χ0v) is 11.2. The first kappa shape index (κ1) is 13.3. The molecule has 0 aromatic heterocycles. The number of carbonyl (C=O) groups is 1. The lowest BCUT2D eigenvalue weighted by Crippen LogP contribution is -2.41. The standard InChI is InChI=1S/C13H17ClN2O2/c1-10-3-2-4-11(13(10)14)15-12(17)9-16-5-7-18-8-6-16/h2-4H,5-9H2,1H3,(H,15,17). The number of hydrogen-bond donors (Lipinski definition) is 1. The summed E-state index contributed by atoms with van der Waals surface area (Å²) in [6.45, 7) is 5.29. The molecule has 1 saturated heterocycles. The van der Waals surface area contributed by atoms with E-state index in [1.807, 2.05) is 25.1 Å². The Balaban J connectivity index is 1.92.